The van der Waals surface area contributed by atoms with Crippen molar-refractivity contribution in [2.75, 3.05) is 0 Å². The van der Waals surface area contributed by atoms with Gasteiger partial charge in [-0.1, -0.05) is 62.8 Å². The number of aliphatic imine (C=N–C) groups is 1. The van der Waals surface area contributed by atoms with Gasteiger partial charge < -0.3 is 4.74 Å². The van der Waals surface area contributed by atoms with E-state index >= 15 is 0 Å². The van der Waals surface area contributed by atoms with Crippen LogP contribution in [0.4, 0.5) is 0 Å². The number of rotatable bonds is 6. The van der Waals surface area contributed by atoms with Crippen LogP contribution in [-0.2, 0) is 11.4 Å². The molecule has 192 valence electrons. The normalized spacial score (nSPS) is 21.5. The fraction of sp³-hybridized carbons (Fsp3) is 0.433. The molecule has 37 heavy (non-hydrogen) atoms. The highest BCUT2D eigenvalue weighted by Gasteiger charge is 2.39. The van der Waals surface area contributed by atoms with E-state index < -0.39 is 0 Å². The Labute approximate surface area is 232 Å². The van der Waals surface area contributed by atoms with Crippen molar-refractivity contribution in [2.45, 2.75) is 82.9 Å². The van der Waals surface area contributed by atoms with Crippen molar-refractivity contribution in [1.29, 1.82) is 5.26 Å². The predicted octanol–water partition coefficient (Wildman–Crippen LogP) is 7.84. The van der Waals surface area contributed by atoms with Crippen molar-refractivity contribution in [3.8, 4) is 11.8 Å². The first-order valence-corrected chi connectivity index (χ1v) is 14.9. The summed E-state index contributed by atoms with van der Waals surface area (Å²) in [5.41, 5.74) is 2.41. The molecule has 3 fully saturated rings. The van der Waals surface area contributed by atoms with E-state index in [-0.39, 0.29) is 11.9 Å². The highest BCUT2D eigenvalue weighted by Crippen LogP contribution is 2.39. The van der Waals surface area contributed by atoms with Gasteiger partial charge in [0.05, 0.1) is 27.1 Å². The van der Waals surface area contributed by atoms with E-state index in [0.29, 0.717) is 24.0 Å². The number of carbonyl (C=O) groups excluding carboxylic acids is 1. The third-order valence-electron chi connectivity index (χ3n) is 7.42. The molecular formula is C30H32BrN3O2S. The summed E-state index contributed by atoms with van der Waals surface area (Å²) in [7, 11) is 0. The number of hydrogen-bond donors (Lipinski definition) is 0. The standard InChI is InChI=1S/C30H32BrN3O2S/c31-26-17-21(15-16-27(26)36-20-23-10-8-7-9-22(23)19-32)18-28-29(35)34(25-13-5-2-6-14-25)30(37-28)33-24-11-3-1-4-12-24/h7-10,15-18,24-25H,1-6,11-14,20H2. The van der Waals surface area contributed by atoms with E-state index in [9.17, 15) is 10.1 Å². The number of ether oxygens (including phenoxy) is 1. The molecule has 0 unspecified atom stereocenters. The summed E-state index contributed by atoms with van der Waals surface area (Å²) in [5.74, 6) is 0.791. The Morgan fingerprint density at radius 1 is 1.05 bits per heavy atom. The Balaban J connectivity index is 1.34. The monoisotopic (exact) mass is 577 g/mol. The molecule has 7 heteroatoms. The second kappa shape index (κ2) is 12.3. The maximum atomic E-state index is 13.6. The zero-order valence-electron chi connectivity index (χ0n) is 21.0. The van der Waals surface area contributed by atoms with Gasteiger partial charge in [-0.05, 0) is 83.2 Å². The number of benzene rings is 2. The minimum absolute atomic E-state index is 0.0935. The Morgan fingerprint density at radius 3 is 2.51 bits per heavy atom. The van der Waals surface area contributed by atoms with Gasteiger partial charge in [0.2, 0.25) is 0 Å². The van der Waals surface area contributed by atoms with E-state index in [1.54, 1.807) is 17.8 Å². The lowest BCUT2D eigenvalue weighted by Crippen LogP contribution is -2.41. The SMILES string of the molecule is N#Cc1ccccc1COc1ccc(C=C2SC(=NC3CCCCC3)N(C3CCCCC3)C2=O)cc1Br. The lowest BCUT2D eigenvalue weighted by Gasteiger charge is -2.31. The van der Waals surface area contributed by atoms with Crippen LogP contribution in [0, 0.1) is 11.3 Å². The average Bonchev–Trinajstić information content (AvgIpc) is 3.23. The van der Waals surface area contributed by atoms with Crippen molar-refractivity contribution in [2.24, 2.45) is 4.99 Å². The van der Waals surface area contributed by atoms with Gasteiger partial charge in [0.1, 0.15) is 12.4 Å². The Kier molecular flexibility index (Phi) is 8.68. The molecule has 2 aromatic rings. The zero-order valence-corrected chi connectivity index (χ0v) is 23.4. The van der Waals surface area contributed by atoms with Crippen LogP contribution in [0.3, 0.4) is 0 Å². The molecule has 1 saturated heterocycles. The topological polar surface area (TPSA) is 65.7 Å². The summed E-state index contributed by atoms with van der Waals surface area (Å²) in [6, 6.07) is 16.1. The van der Waals surface area contributed by atoms with Crippen molar-refractivity contribution < 1.29 is 9.53 Å². The average molecular weight is 579 g/mol. The predicted molar refractivity (Wildman–Crippen MR) is 153 cm³/mol. The Bertz CT molecular complexity index is 1240. The molecule has 0 aromatic heterocycles. The molecule has 0 radical (unpaired) electrons. The number of amides is 1. The van der Waals surface area contributed by atoms with Gasteiger partial charge in [0.15, 0.2) is 5.17 Å². The van der Waals surface area contributed by atoms with Crippen LogP contribution in [0.25, 0.3) is 6.08 Å². The minimum Gasteiger partial charge on any atom is -0.488 e. The van der Waals surface area contributed by atoms with Crippen LogP contribution in [0.5, 0.6) is 5.75 Å². The van der Waals surface area contributed by atoms with Crippen LogP contribution in [-0.4, -0.2) is 28.1 Å². The first-order chi connectivity index (χ1) is 18.1. The first kappa shape index (κ1) is 26.1. The number of hydrogen-bond acceptors (Lipinski definition) is 5. The largest absolute Gasteiger partial charge is 0.488 e. The van der Waals surface area contributed by atoms with Crippen molar-refractivity contribution in [1.82, 2.24) is 4.90 Å². The summed E-state index contributed by atoms with van der Waals surface area (Å²) in [6.07, 6.45) is 13.7. The van der Waals surface area contributed by atoms with Crippen molar-refractivity contribution >= 4 is 44.8 Å². The molecule has 0 bridgehead atoms. The second-order valence-electron chi connectivity index (χ2n) is 10.0. The molecule has 1 amide bonds. The molecule has 5 nitrogen and oxygen atoms in total. The summed E-state index contributed by atoms with van der Waals surface area (Å²) >= 11 is 5.17. The van der Waals surface area contributed by atoms with Crippen LogP contribution >= 0.6 is 27.7 Å². The van der Waals surface area contributed by atoms with Crippen molar-refractivity contribution in [3.63, 3.8) is 0 Å². The van der Waals surface area contributed by atoms with Gasteiger partial charge in [-0.25, -0.2) is 0 Å². The molecular weight excluding hydrogens is 546 g/mol. The zero-order chi connectivity index (χ0) is 25.6. The molecule has 0 atom stereocenters. The lowest BCUT2D eigenvalue weighted by atomic mass is 9.94. The van der Waals surface area contributed by atoms with E-state index in [1.807, 2.05) is 47.4 Å². The summed E-state index contributed by atoms with van der Waals surface area (Å²) < 4.78 is 6.80. The highest BCUT2D eigenvalue weighted by molar-refractivity contribution is 9.10. The van der Waals surface area contributed by atoms with Gasteiger partial charge in [-0.15, -0.1) is 0 Å². The number of nitrogens with zero attached hydrogens (tertiary/aromatic N) is 3. The summed E-state index contributed by atoms with van der Waals surface area (Å²) in [6.45, 7) is 0.314. The van der Waals surface area contributed by atoms with Crippen molar-refractivity contribution in [3.05, 3.63) is 68.5 Å². The van der Waals surface area contributed by atoms with Gasteiger partial charge in [-0.3, -0.25) is 14.7 Å². The maximum absolute atomic E-state index is 13.6. The molecule has 1 heterocycles. The summed E-state index contributed by atoms with van der Waals surface area (Å²) in [5, 5.41) is 10.2. The van der Waals surface area contributed by atoms with Gasteiger partial charge in [-0.2, -0.15) is 5.26 Å². The molecule has 0 N–H and O–H groups in total. The van der Waals surface area contributed by atoms with E-state index in [1.165, 1.54) is 38.5 Å². The Morgan fingerprint density at radius 2 is 1.78 bits per heavy atom. The van der Waals surface area contributed by atoms with Crippen LogP contribution in [0.2, 0.25) is 0 Å². The Hall–Kier alpha value is -2.56. The fourth-order valence-electron chi connectivity index (χ4n) is 5.39. The third kappa shape index (κ3) is 6.30. The minimum atomic E-state index is 0.0935. The number of halogens is 1. The quantitative estimate of drug-likeness (QED) is 0.328. The molecule has 2 aromatic carbocycles. The van der Waals surface area contributed by atoms with Crippen LogP contribution in [0.1, 0.15) is 80.9 Å². The molecule has 5 rings (SSSR count). The summed E-state index contributed by atoms with van der Waals surface area (Å²) in [4.78, 5) is 21.5. The number of amidine groups is 1. The van der Waals surface area contributed by atoms with E-state index in [4.69, 9.17) is 9.73 Å². The number of thioether (sulfide) groups is 1. The van der Waals surface area contributed by atoms with Gasteiger partial charge >= 0.3 is 0 Å². The smallest absolute Gasteiger partial charge is 0.266 e. The highest BCUT2D eigenvalue weighted by atomic mass is 79.9. The first-order valence-electron chi connectivity index (χ1n) is 13.3. The van der Waals surface area contributed by atoms with Gasteiger partial charge in [0.25, 0.3) is 5.91 Å². The second-order valence-corrected chi connectivity index (χ2v) is 11.9. The lowest BCUT2D eigenvalue weighted by molar-refractivity contribution is -0.124. The van der Waals surface area contributed by atoms with E-state index in [0.717, 1.165) is 51.4 Å². The molecule has 1 aliphatic heterocycles. The number of carbonyl (C=O) groups is 1. The fourth-order valence-corrected chi connectivity index (χ4v) is 7.01. The van der Waals surface area contributed by atoms with Crippen LogP contribution in [0.15, 0.2) is 56.8 Å². The van der Waals surface area contributed by atoms with Crippen LogP contribution < -0.4 is 4.74 Å². The third-order valence-corrected chi connectivity index (χ3v) is 9.04. The maximum Gasteiger partial charge on any atom is 0.266 e. The molecule has 0 spiro atoms. The molecule has 2 aliphatic carbocycles. The number of nitriles is 1. The molecule has 2 saturated carbocycles. The van der Waals surface area contributed by atoms with Gasteiger partial charge in [0, 0.05) is 11.6 Å². The molecule has 3 aliphatic rings. The van der Waals surface area contributed by atoms with E-state index in [2.05, 4.69) is 22.0 Å².